The SMILES string of the molecule is CC(C)C(Nc1cnc(C(N)=O)c(Nc2ccc(-n3cccn3)cc2)n1)C(N)=O. The van der Waals surface area contributed by atoms with Crippen LogP contribution in [0.25, 0.3) is 5.69 Å². The Balaban J connectivity index is 1.86. The van der Waals surface area contributed by atoms with Crippen LogP contribution in [0.3, 0.4) is 0 Å². The number of benzene rings is 1. The van der Waals surface area contributed by atoms with Gasteiger partial charge >= 0.3 is 0 Å². The molecule has 0 spiro atoms. The molecule has 0 saturated carbocycles. The second-order valence-electron chi connectivity index (χ2n) is 6.71. The number of carbonyl (C=O) groups excluding carboxylic acids is 2. The Morgan fingerprint density at radius 2 is 1.86 bits per heavy atom. The smallest absolute Gasteiger partial charge is 0.271 e. The minimum absolute atomic E-state index is 0.0214. The molecule has 0 aliphatic heterocycles. The highest BCUT2D eigenvalue weighted by molar-refractivity contribution is 5.96. The zero-order valence-electron chi connectivity index (χ0n) is 16.0. The molecule has 0 radical (unpaired) electrons. The number of nitrogens with two attached hydrogens (primary N) is 2. The maximum atomic E-state index is 11.7. The lowest BCUT2D eigenvalue weighted by Crippen LogP contribution is -2.39. The topological polar surface area (TPSA) is 154 Å². The summed E-state index contributed by atoms with van der Waals surface area (Å²) in [7, 11) is 0. The molecule has 6 N–H and O–H groups in total. The third kappa shape index (κ3) is 4.67. The van der Waals surface area contributed by atoms with Gasteiger partial charge in [0.05, 0.1) is 11.9 Å². The summed E-state index contributed by atoms with van der Waals surface area (Å²) in [6.07, 6.45) is 4.86. The van der Waals surface area contributed by atoms with Gasteiger partial charge in [-0.25, -0.2) is 14.6 Å². The first kappa shape index (κ1) is 19.8. The molecule has 0 fully saturated rings. The Kier molecular flexibility index (Phi) is 5.72. The molecule has 29 heavy (non-hydrogen) atoms. The van der Waals surface area contributed by atoms with Gasteiger partial charge in [0.15, 0.2) is 11.5 Å². The molecule has 150 valence electrons. The Hall–Kier alpha value is -3.95. The lowest BCUT2D eigenvalue weighted by molar-refractivity contribution is -0.119. The standard InChI is InChI=1S/C19H22N8O2/c1-11(2)15(17(20)28)25-14-10-22-16(18(21)29)19(26-14)24-12-4-6-13(7-5-12)27-9-3-8-23-27/h3-11,15H,1-2H3,(H2,20,28)(H2,21,29)(H2,24,25,26). The fraction of sp³-hybridized carbons (Fsp3) is 0.211. The van der Waals surface area contributed by atoms with Crippen LogP contribution >= 0.6 is 0 Å². The van der Waals surface area contributed by atoms with Gasteiger partial charge in [-0.15, -0.1) is 0 Å². The molecule has 0 aliphatic rings. The molecule has 0 aliphatic carbocycles. The van der Waals surface area contributed by atoms with E-state index in [1.807, 2.05) is 50.4 Å². The number of primary amides is 2. The van der Waals surface area contributed by atoms with E-state index in [0.717, 1.165) is 5.69 Å². The fourth-order valence-corrected chi connectivity index (χ4v) is 2.71. The van der Waals surface area contributed by atoms with Gasteiger partial charge in [-0.1, -0.05) is 13.8 Å². The Bertz CT molecular complexity index is 1000. The monoisotopic (exact) mass is 394 g/mol. The summed E-state index contributed by atoms with van der Waals surface area (Å²) in [5.41, 5.74) is 12.4. The first-order chi connectivity index (χ1) is 13.8. The van der Waals surface area contributed by atoms with Gasteiger partial charge in [-0.2, -0.15) is 5.10 Å². The Morgan fingerprint density at radius 3 is 2.41 bits per heavy atom. The predicted molar refractivity (Wildman–Crippen MR) is 109 cm³/mol. The molecule has 2 heterocycles. The van der Waals surface area contributed by atoms with Gasteiger partial charge in [0.2, 0.25) is 5.91 Å². The number of aromatic nitrogens is 4. The van der Waals surface area contributed by atoms with Crippen molar-refractivity contribution in [1.29, 1.82) is 0 Å². The molecule has 10 heteroatoms. The Morgan fingerprint density at radius 1 is 1.14 bits per heavy atom. The van der Waals surface area contributed by atoms with Crippen LogP contribution in [0.1, 0.15) is 24.3 Å². The summed E-state index contributed by atoms with van der Waals surface area (Å²) < 4.78 is 1.72. The van der Waals surface area contributed by atoms with E-state index in [4.69, 9.17) is 11.5 Å². The van der Waals surface area contributed by atoms with E-state index >= 15 is 0 Å². The van der Waals surface area contributed by atoms with Gasteiger partial charge in [-0.3, -0.25) is 9.59 Å². The number of anilines is 3. The van der Waals surface area contributed by atoms with Gasteiger partial charge < -0.3 is 22.1 Å². The third-order valence-corrected chi connectivity index (χ3v) is 4.18. The van der Waals surface area contributed by atoms with Crippen molar-refractivity contribution >= 4 is 29.1 Å². The molecular weight excluding hydrogens is 372 g/mol. The molecular formula is C19H22N8O2. The number of hydrogen-bond donors (Lipinski definition) is 4. The van der Waals surface area contributed by atoms with Gasteiger partial charge in [-0.05, 0) is 36.2 Å². The van der Waals surface area contributed by atoms with Crippen molar-refractivity contribution in [3.05, 3.63) is 54.6 Å². The van der Waals surface area contributed by atoms with Crippen molar-refractivity contribution in [3.63, 3.8) is 0 Å². The van der Waals surface area contributed by atoms with Crippen LogP contribution in [-0.2, 0) is 4.79 Å². The second-order valence-corrected chi connectivity index (χ2v) is 6.71. The zero-order chi connectivity index (χ0) is 21.0. The molecule has 2 amide bonds. The van der Waals surface area contributed by atoms with E-state index in [1.54, 1.807) is 10.9 Å². The molecule has 0 bridgehead atoms. The normalized spacial score (nSPS) is 11.8. The highest BCUT2D eigenvalue weighted by Gasteiger charge is 2.21. The van der Waals surface area contributed by atoms with E-state index in [-0.39, 0.29) is 17.4 Å². The molecule has 1 atom stereocenters. The number of hydrogen-bond acceptors (Lipinski definition) is 7. The lowest BCUT2D eigenvalue weighted by Gasteiger charge is -2.20. The predicted octanol–water partition coefficient (Wildman–Crippen LogP) is 1.43. The molecule has 2 aromatic heterocycles. The average Bonchev–Trinajstić information content (AvgIpc) is 3.21. The summed E-state index contributed by atoms with van der Waals surface area (Å²) >= 11 is 0. The van der Waals surface area contributed by atoms with Crippen LogP contribution in [0.2, 0.25) is 0 Å². The molecule has 3 aromatic rings. The second kappa shape index (κ2) is 8.38. The van der Waals surface area contributed by atoms with Crippen molar-refractivity contribution < 1.29 is 9.59 Å². The average molecular weight is 394 g/mol. The Labute approximate surface area is 167 Å². The molecule has 3 rings (SSSR count). The van der Waals surface area contributed by atoms with Gasteiger partial charge in [0, 0.05) is 18.1 Å². The molecule has 1 unspecified atom stereocenters. The summed E-state index contributed by atoms with van der Waals surface area (Å²) in [6, 6.07) is 8.53. The number of amides is 2. The van der Waals surface area contributed by atoms with Crippen molar-refractivity contribution in [2.24, 2.45) is 17.4 Å². The lowest BCUT2D eigenvalue weighted by atomic mass is 10.0. The number of rotatable bonds is 8. The summed E-state index contributed by atoms with van der Waals surface area (Å²) in [6.45, 7) is 3.71. The van der Waals surface area contributed by atoms with Crippen LogP contribution in [0, 0.1) is 5.92 Å². The van der Waals surface area contributed by atoms with Crippen LogP contribution in [0.4, 0.5) is 17.3 Å². The molecule has 1 aromatic carbocycles. The minimum Gasteiger partial charge on any atom is -0.368 e. The van der Waals surface area contributed by atoms with E-state index in [1.165, 1.54) is 6.20 Å². The quantitative estimate of drug-likeness (QED) is 0.450. The van der Waals surface area contributed by atoms with Gasteiger partial charge in [0.25, 0.3) is 5.91 Å². The van der Waals surface area contributed by atoms with Crippen molar-refractivity contribution in [2.45, 2.75) is 19.9 Å². The largest absolute Gasteiger partial charge is 0.368 e. The van der Waals surface area contributed by atoms with E-state index in [2.05, 4.69) is 25.7 Å². The van der Waals surface area contributed by atoms with Crippen LogP contribution in [-0.4, -0.2) is 37.6 Å². The first-order valence-corrected chi connectivity index (χ1v) is 8.95. The summed E-state index contributed by atoms with van der Waals surface area (Å²) in [5, 5.41) is 10.2. The van der Waals surface area contributed by atoms with Crippen molar-refractivity contribution in [2.75, 3.05) is 10.6 Å². The molecule has 10 nitrogen and oxygen atoms in total. The van der Waals surface area contributed by atoms with Crippen LogP contribution in [0.15, 0.2) is 48.9 Å². The van der Waals surface area contributed by atoms with Crippen molar-refractivity contribution in [3.8, 4) is 5.69 Å². The van der Waals surface area contributed by atoms with E-state index in [9.17, 15) is 9.59 Å². The maximum Gasteiger partial charge on any atom is 0.271 e. The highest BCUT2D eigenvalue weighted by atomic mass is 16.1. The number of nitrogens with zero attached hydrogens (tertiary/aromatic N) is 4. The zero-order valence-corrected chi connectivity index (χ0v) is 16.0. The first-order valence-electron chi connectivity index (χ1n) is 8.95. The minimum atomic E-state index is -0.727. The van der Waals surface area contributed by atoms with Crippen LogP contribution in [0.5, 0.6) is 0 Å². The molecule has 0 saturated heterocycles. The highest BCUT2D eigenvalue weighted by Crippen LogP contribution is 2.21. The summed E-state index contributed by atoms with van der Waals surface area (Å²) in [4.78, 5) is 31.8. The van der Waals surface area contributed by atoms with Gasteiger partial charge in [0.1, 0.15) is 11.9 Å². The van der Waals surface area contributed by atoms with Crippen molar-refractivity contribution in [1.82, 2.24) is 19.7 Å². The third-order valence-electron chi connectivity index (χ3n) is 4.18. The number of nitrogens with one attached hydrogen (secondary N) is 2. The van der Waals surface area contributed by atoms with E-state index < -0.39 is 17.9 Å². The van der Waals surface area contributed by atoms with Crippen LogP contribution < -0.4 is 22.1 Å². The maximum absolute atomic E-state index is 11.7. The van der Waals surface area contributed by atoms with E-state index in [0.29, 0.717) is 11.5 Å². The fourth-order valence-electron chi connectivity index (χ4n) is 2.71. The number of carbonyl (C=O) groups is 2. The summed E-state index contributed by atoms with van der Waals surface area (Å²) in [5.74, 6) is -0.833.